The van der Waals surface area contributed by atoms with Gasteiger partial charge in [0.1, 0.15) is 11.5 Å². The van der Waals surface area contributed by atoms with Crippen molar-refractivity contribution in [2.75, 3.05) is 38.5 Å². The number of methoxy groups -OCH3 is 3. The highest BCUT2D eigenvalue weighted by Gasteiger charge is 2.09. The van der Waals surface area contributed by atoms with Gasteiger partial charge >= 0.3 is 6.01 Å². The number of nitrogens with one attached hydrogen (secondary N) is 2. The Morgan fingerprint density at radius 2 is 1.54 bits per heavy atom. The summed E-state index contributed by atoms with van der Waals surface area (Å²) in [6, 6.07) is 5.69. The summed E-state index contributed by atoms with van der Waals surface area (Å²) in [4.78, 5) is 12.9. The molecule has 0 bridgehead atoms. The molecule has 8 heteroatoms. The molecule has 0 saturated heterocycles. The van der Waals surface area contributed by atoms with Gasteiger partial charge in [-0.05, 0) is 18.8 Å². The van der Waals surface area contributed by atoms with E-state index in [1.807, 2.05) is 12.1 Å². The van der Waals surface area contributed by atoms with Crippen LogP contribution in [0.1, 0.15) is 26.7 Å². The maximum absolute atomic E-state index is 5.28. The van der Waals surface area contributed by atoms with Gasteiger partial charge in [-0.3, -0.25) is 0 Å². The van der Waals surface area contributed by atoms with Crippen LogP contribution in [0.4, 0.5) is 17.6 Å². The molecule has 1 heterocycles. The van der Waals surface area contributed by atoms with E-state index in [2.05, 4.69) is 39.4 Å². The molecule has 0 aliphatic carbocycles. The molecule has 0 atom stereocenters. The van der Waals surface area contributed by atoms with Crippen molar-refractivity contribution in [3.8, 4) is 17.5 Å². The van der Waals surface area contributed by atoms with Gasteiger partial charge in [0, 0.05) is 30.4 Å². The van der Waals surface area contributed by atoms with E-state index >= 15 is 0 Å². The number of rotatable bonds is 10. The summed E-state index contributed by atoms with van der Waals surface area (Å²) >= 11 is 0. The molecular weight excluding hydrogens is 334 g/mol. The smallest absolute Gasteiger partial charge is 0.322 e. The van der Waals surface area contributed by atoms with Crippen molar-refractivity contribution in [1.82, 2.24) is 15.0 Å². The van der Waals surface area contributed by atoms with E-state index in [1.165, 1.54) is 7.11 Å². The van der Waals surface area contributed by atoms with Crippen LogP contribution in [-0.4, -0.2) is 42.8 Å². The predicted molar refractivity (Wildman–Crippen MR) is 102 cm³/mol. The third kappa shape index (κ3) is 5.94. The summed E-state index contributed by atoms with van der Waals surface area (Å²) in [5.41, 5.74) is 0.736. The summed E-state index contributed by atoms with van der Waals surface area (Å²) in [6.07, 6.45) is 2.19. The minimum atomic E-state index is 0.240. The monoisotopic (exact) mass is 361 g/mol. The van der Waals surface area contributed by atoms with Crippen LogP contribution in [-0.2, 0) is 0 Å². The van der Waals surface area contributed by atoms with Crippen molar-refractivity contribution in [3.63, 3.8) is 0 Å². The van der Waals surface area contributed by atoms with Crippen LogP contribution in [0.2, 0.25) is 0 Å². The molecule has 8 nitrogen and oxygen atoms in total. The number of anilines is 3. The standard InChI is InChI=1S/C18H27N5O3/c1-12(2)7-6-8-19-16-21-17(23-18(22-16)26-5)20-13-9-14(24-3)11-15(10-13)25-4/h9-12H,6-8H2,1-5H3,(H2,19,20,21,22,23). The lowest BCUT2D eigenvalue weighted by atomic mass is 10.1. The van der Waals surface area contributed by atoms with Crippen molar-refractivity contribution in [1.29, 1.82) is 0 Å². The van der Waals surface area contributed by atoms with E-state index in [4.69, 9.17) is 14.2 Å². The molecular formula is C18H27N5O3. The summed E-state index contributed by atoms with van der Waals surface area (Å²) < 4.78 is 15.7. The lowest BCUT2D eigenvalue weighted by Crippen LogP contribution is -2.10. The maximum atomic E-state index is 5.28. The van der Waals surface area contributed by atoms with Crippen molar-refractivity contribution in [3.05, 3.63) is 18.2 Å². The number of hydrogen-bond acceptors (Lipinski definition) is 8. The first-order chi connectivity index (χ1) is 12.5. The Bertz CT molecular complexity index is 687. The van der Waals surface area contributed by atoms with E-state index in [9.17, 15) is 0 Å². The number of aromatic nitrogens is 3. The lowest BCUT2D eigenvalue weighted by molar-refractivity contribution is 0.379. The van der Waals surface area contributed by atoms with Crippen LogP contribution in [0.3, 0.4) is 0 Å². The van der Waals surface area contributed by atoms with E-state index in [1.54, 1.807) is 20.3 Å². The molecule has 0 aliphatic heterocycles. The van der Waals surface area contributed by atoms with E-state index in [0.29, 0.717) is 29.3 Å². The van der Waals surface area contributed by atoms with Crippen molar-refractivity contribution in [2.24, 2.45) is 5.92 Å². The van der Waals surface area contributed by atoms with Gasteiger partial charge in [0.05, 0.1) is 21.3 Å². The molecule has 0 fully saturated rings. The first kappa shape index (κ1) is 19.6. The van der Waals surface area contributed by atoms with Crippen LogP contribution < -0.4 is 24.8 Å². The molecule has 0 spiro atoms. The summed E-state index contributed by atoms with van der Waals surface area (Å²) in [6.45, 7) is 5.20. The minimum absolute atomic E-state index is 0.240. The molecule has 2 N–H and O–H groups in total. The van der Waals surface area contributed by atoms with Gasteiger partial charge in [0.15, 0.2) is 0 Å². The molecule has 2 aromatic rings. The molecule has 2 rings (SSSR count). The fourth-order valence-corrected chi connectivity index (χ4v) is 2.30. The van der Waals surface area contributed by atoms with Gasteiger partial charge in [-0.15, -0.1) is 0 Å². The Morgan fingerprint density at radius 3 is 2.12 bits per heavy atom. The predicted octanol–water partition coefficient (Wildman–Crippen LogP) is 3.49. The second kappa shape index (κ2) is 9.65. The number of nitrogens with zero attached hydrogens (tertiary/aromatic N) is 3. The van der Waals surface area contributed by atoms with Crippen molar-refractivity contribution < 1.29 is 14.2 Å². The van der Waals surface area contributed by atoms with Crippen LogP contribution in [0.5, 0.6) is 17.5 Å². The van der Waals surface area contributed by atoms with Crippen LogP contribution in [0, 0.1) is 5.92 Å². The Balaban J connectivity index is 2.14. The fourth-order valence-electron chi connectivity index (χ4n) is 2.30. The Labute approximate surface area is 154 Å². The van der Waals surface area contributed by atoms with Crippen LogP contribution in [0.15, 0.2) is 18.2 Å². The SMILES string of the molecule is COc1cc(Nc2nc(NCCCC(C)C)nc(OC)n2)cc(OC)c1. The quantitative estimate of drug-likeness (QED) is 0.622. The zero-order chi connectivity index (χ0) is 18.9. The molecule has 26 heavy (non-hydrogen) atoms. The van der Waals surface area contributed by atoms with E-state index in [-0.39, 0.29) is 6.01 Å². The third-order valence-corrected chi connectivity index (χ3v) is 3.65. The molecule has 0 radical (unpaired) electrons. The highest BCUT2D eigenvalue weighted by Crippen LogP contribution is 2.27. The first-order valence-corrected chi connectivity index (χ1v) is 8.58. The second-order valence-corrected chi connectivity index (χ2v) is 6.16. The zero-order valence-corrected chi connectivity index (χ0v) is 16.0. The van der Waals surface area contributed by atoms with Gasteiger partial charge in [-0.1, -0.05) is 13.8 Å². The van der Waals surface area contributed by atoms with Gasteiger partial charge in [0.25, 0.3) is 0 Å². The number of benzene rings is 1. The normalized spacial score (nSPS) is 10.5. The molecule has 0 aliphatic rings. The fraction of sp³-hybridized carbons (Fsp3) is 0.500. The third-order valence-electron chi connectivity index (χ3n) is 3.65. The average Bonchev–Trinajstić information content (AvgIpc) is 2.64. The largest absolute Gasteiger partial charge is 0.497 e. The Morgan fingerprint density at radius 1 is 0.885 bits per heavy atom. The molecule has 1 aromatic carbocycles. The number of ether oxygens (including phenoxy) is 3. The highest BCUT2D eigenvalue weighted by atomic mass is 16.5. The van der Waals surface area contributed by atoms with E-state index < -0.39 is 0 Å². The van der Waals surface area contributed by atoms with E-state index in [0.717, 1.165) is 25.1 Å². The molecule has 142 valence electrons. The van der Waals surface area contributed by atoms with Gasteiger partial charge < -0.3 is 24.8 Å². The lowest BCUT2D eigenvalue weighted by Gasteiger charge is -2.12. The second-order valence-electron chi connectivity index (χ2n) is 6.16. The molecule has 0 amide bonds. The number of hydrogen-bond donors (Lipinski definition) is 2. The van der Waals surface area contributed by atoms with Gasteiger partial charge in [-0.25, -0.2) is 0 Å². The maximum Gasteiger partial charge on any atom is 0.322 e. The van der Waals surface area contributed by atoms with Crippen LogP contribution >= 0.6 is 0 Å². The Kier molecular flexibility index (Phi) is 7.25. The average molecular weight is 361 g/mol. The van der Waals surface area contributed by atoms with Crippen LogP contribution in [0.25, 0.3) is 0 Å². The summed E-state index contributed by atoms with van der Waals surface area (Å²) in [7, 11) is 4.73. The van der Waals surface area contributed by atoms with Gasteiger partial charge in [-0.2, -0.15) is 15.0 Å². The molecule has 0 unspecified atom stereocenters. The molecule has 1 aromatic heterocycles. The summed E-state index contributed by atoms with van der Waals surface area (Å²) in [5.74, 6) is 2.85. The summed E-state index contributed by atoms with van der Waals surface area (Å²) in [5, 5.41) is 6.35. The zero-order valence-electron chi connectivity index (χ0n) is 16.0. The van der Waals surface area contributed by atoms with Crippen molar-refractivity contribution in [2.45, 2.75) is 26.7 Å². The van der Waals surface area contributed by atoms with Gasteiger partial charge in [0.2, 0.25) is 11.9 Å². The molecule has 0 saturated carbocycles. The minimum Gasteiger partial charge on any atom is -0.497 e. The Hall–Kier alpha value is -2.77. The first-order valence-electron chi connectivity index (χ1n) is 8.58. The highest BCUT2D eigenvalue weighted by molar-refractivity contribution is 5.60. The van der Waals surface area contributed by atoms with Crippen molar-refractivity contribution >= 4 is 17.6 Å². The topological polar surface area (TPSA) is 90.4 Å².